The molecule has 1 radical (unpaired) electrons. The molecule has 0 aliphatic rings. The molecule has 1 unspecified atom stereocenters. The molecule has 0 rings (SSSR count). The molecular weight excluding hydrogens is 269 g/mol. The van der Waals surface area contributed by atoms with Crippen molar-refractivity contribution in [3.8, 4) is 0 Å². The summed E-state index contributed by atoms with van der Waals surface area (Å²) in [6.07, 6.45) is 0. The van der Waals surface area contributed by atoms with E-state index in [-0.39, 0.29) is 35.6 Å². The van der Waals surface area contributed by atoms with Crippen molar-refractivity contribution in [2.75, 3.05) is 0 Å². The molecule has 34 valence electrons. The molecule has 6 heavy (non-hydrogen) atoms. The van der Waals surface area contributed by atoms with Crippen LogP contribution in [0, 0.1) is 35.6 Å². The van der Waals surface area contributed by atoms with Crippen LogP contribution < -0.4 is 0 Å². The van der Waals surface area contributed by atoms with Crippen LogP contribution in [0.25, 0.3) is 0 Å². The van der Waals surface area contributed by atoms with Crippen molar-refractivity contribution in [1.82, 2.24) is 0 Å². The fourth-order valence-electron chi connectivity index (χ4n) is 0. The molecule has 0 heterocycles. The van der Waals surface area contributed by atoms with Crippen molar-refractivity contribution in [2.45, 2.75) is 0 Å². The van der Waals surface area contributed by atoms with Crippen molar-refractivity contribution >= 4 is 9.47 Å². The Labute approximate surface area is 72.7 Å². The molecule has 0 aromatic carbocycles. The van der Waals surface area contributed by atoms with Gasteiger partial charge in [0.2, 0.25) is 0 Å². The third kappa shape index (κ3) is 41.9. The zero-order valence-electron chi connectivity index (χ0n) is 2.87. The third-order valence-electron chi connectivity index (χ3n) is 0. The van der Waals surface area contributed by atoms with Crippen LogP contribution in [0.15, 0.2) is 0 Å². The first kappa shape index (κ1) is 15.7. The summed E-state index contributed by atoms with van der Waals surface area (Å²) in [5, 5.41) is 0. The van der Waals surface area contributed by atoms with E-state index < -0.39 is 16.2 Å². The van der Waals surface area contributed by atoms with E-state index in [0.717, 1.165) is 0 Å². The molecule has 0 saturated carbocycles. The van der Waals surface area contributed by atoms with E-state index in [1.54, 1.807) is 0 Å². The zero-order valence-corrected chi connectivity index (χ0v) is 9.04. The van der Waals surface area contributed by atoms with Crippen molar-refractivity contribution in [3.63, 3.8) is 0 Å². The molecule has 0 aliphatic heterocycles. The molecule has 3 nitrogen and oxygen atoms in total. The Kier molecular flexibility index (Phi) is 76.6. The Morgan fingerprint density at radius 1 is 1.33 bits per heavy atom. The molecule has 1 atom stereocenters. The zero-order chi connectivity index (χ0) is 4.71. The van der Waals surface area contributed by atoms with Gasteiger partial charge in [-0.2, -0.15) is 0 Å². The van der Waals surface area contributed by atoms with Gasteiger partial charge in [0.25, 0.3) is 0 Å². The Morgan fingerprint density at radius 2 is 1.33 bits per heavy atom. The molecule has 6 heteroatoms. The molecule has 0 aliphatic carbocycles. The summed E-state index contributed by atoms with van der Waals surface area (Å²) >= 11 is -1.81. The summed E-state index contributed by atoms with van der Waals surface area (Å²) in [7, 11) is 1.42. The van der Waals surface area contributed by atoms with Crippen molar-refractivity contribution in [3.05, 3.63) is 0 Å². The first-order chi connectivity index (χ1) is 2.41. The van der Waals surface area contributed by atoms with Crippen LogP contribution in [0.3, 0.4) is 0 Å². The van der Waals surface area contributed by atoms with E-state index in [9.17, 15) is 0 Å². The van der Waals surface area contributed by atoms with Gasteiger partial charge in [-0.25, -0.2) is 0 Å². The Hall–Kier alpha value is 1.77. The second-order valence-electron chi connectivity index (χ2n) is 0.0745. The molecule has 0 spiro atoms. The predicted octanol–water partition coefficient (Wildman–Crippen LogP) is -0.471. The fourth-order valence-corrected chi connectivity index (χ4v) is 0. The van der Waals surface area contributed by atoms with Crippen LogP contribution >= 0.6 is 9.47 Å². The molecule has 0 aromatic rings. The molecule has 0 amide bonds. The number of hydrogen-bond donors (Lipinski definition) is 1. The monoisotopic (exact) mass is 272 g/mol. The maximum atomic E-state index is 8.47. The van der Waals surface area contributed by atoms with Crippen LogP contribution in [0.2, 0.25) is 0 Å². The van der Waals surface area contributed by atoms with Crippen LogP contribution in [0.5, 0.6) is 0 Å². The summed E-state index contributed by atoms with van der Waals surface area (Å²) in [4.78, 5) is 6.92. The number of rotatable bonds is 0. The first-order valence-corrected chi connectivity index (χ1v) is 2.28. The van der Waals surface area contributed by atoms with Gasteiger partial charge in [-0.05, 0) is 9.47 Å². The Balaban J connectivity index is -0.0000000275. The average Bonchev–Trinajstić information content (AvgIpc) is 1.46. The van der Waals surface area contributed by atoms with E-state index in [1.807, 2.05) is 0 Å². The Morgan fingerprint density at radius 3 is 1.33 bits per heavy atom. The van der Waals surface area contributed by atoms with Gasteiger partial charge in [0, 0.05) is 35.6 Å². The van der Waals surface area contributed by atoms with E-state index in [0.29, 0.717) is 0 Å². The van der Waals surface area contributed by atoms with Gasteiger partial charge < -0.3 is 4.89 Å². The van der Waals surface area contributed by atoms with Gasteiger partial charge in [0.1, 0.15) is 0 Å². The molecule has 0 fully saturated rings. The maximum absolute atomic E-state index is 8.47. The van der Waals surface area contributed by atoms with Crippen molar-refractivity contribution in [2.24, 2.45) is 0 Å². The van der Waals surface area contributed by atoms with Crippen LogP contribution in [-0.4, -0.2) is 4.89 Å². The third-order valence-corrected chi connectivity index (χ3v) is 0. The van der Waals surface area contributed by atoms with E-state index in [4.69, 9.17) is 12.2 Å². The van der Waals surface area contributed by atoms with Gasteiger partial charge in [-0.15, -0.1) is 0 Å². The van der Waals surface area contributed by atoms with Gasteiger partial charge >= 0.3 is 23.5 Å². The number of hydrogen-bond acceptors (Lipinski definition) is 3. The summed E-state index contributed by atoms with van der Waals surface area (Å²) in [6, 6.07) is 0. The summed E-state index contributed by atoms with van der Waals surface area (Å²) in [5.41, 5.74) is 0. The molecular formula is H3LaO3PV. The van der Waals surface area contributed by atoms with Gasteiger partial charge in [0.05, 0.1) is 0 Å². The molecule has 0 bridgehead atoms. The quantitative estimate of drug-likeness (QED) is 0.606. The van der Waals surface area contributed by atoms with Gasteiger partial charge in [0.15, 0.2) is 0 Å². The van der Waals surface area contributed by atoms with Crippen molar-refractivity contribution in [1.29, 1.82) is 0 Å². The van der Waals surface area contributed by atoms with Crippen LogP contribution in [0.4, 0.5) is 0 Å². The average molecular weight is 272 g/mol. The van der Waals surface area contributed by atoms with Crippen molar-refractivity contribution < 1.29 is 64.0 Å². The molecule has 1 N–H and O–H groups in total. The molecule has 0 saturated heterocycles. The summed E-state index contributed by atoms with van der Waals surface area (Å²) in [5.74, 6) is 0. The Bertz CT molecular complexity index is 31.8. The van der Waals surface area contributed by atoms with E-state index in [1.165, 1.54) is 9.47 Å². The van der Waals surface area contributed by atoms with Crippen LogP contribution in [-0.2, 0) is 23.5 Å². The van der Waals surface area contributed by atoms with E-state index in [2.05, 4.69) is 0 Å². The predicted molar refractivity (Wildman–Crippen MR) is 13.3 cm³/mol. The minimum absolute atomic E-state index is 0. The summed E-state index contributed by atoms with van der Waals surface area (Å²) < 4.78 is 16.9. The SMILES string of the molecule is OP.[La].[O]=[V]=[O]. The topological polar surface area (TPSA) is 54.4 Å². The summed E-state index contributed by atoms with van der Waals surface area (Å²) in [6.45, 7) is 0. The fraction of sp³-hybridized carbons (Fsp3) is 0. The second kappa shape index (κ2) is 29.4. The van der Waals surface area contributed by atoms with Gasteiger partial charge in [-0.3, -0.25) is 0 Å². The van der Waals surface area contributed by atoms with Crippen LogP contribution in [0.1, 0.15) is 0 Å². The van der Waals surface area contributed by atoms with E-state index >= 15 is 0 Å². The first-order valence-electron chi connectivity index (χ1n) is 0.623. The second-order valence-corrected chi connectivity index (χ2v) is 0.307. The molecule has 0 aromatic heterocycles. The standard InChI is InChI=1S/La.H3OP.2O.V/c;1-2;;;/h;1H,2H2;;;. The minimum atomic E-state index is -1.81. The normalized spacial score (nSPS) is 2.33. The van der Waals surface area contributed by atoms with Gasteiger partial charge in [-0.1, -0.05) is 0 Å².